The monoisotopic (exact) mass is 612 g/mol. The molecule has 48 heavy (non-hydrogen) atoms. The highest BCUT2D eigenvalue weighted by Crippen LogP contribution is 2.45. The average molecular weight is 613 g/mol. The Morgan fingerprint density at radius 2 is 1.06 bits per heavy atom. The van der Waals surface area contributed by atoms with Gasteiger partial charge in [0.1, 0.15) is 0 Å². The summed E-state index contributed by atoms with van der Waals surface area (Å²) in [4.78, 5) is 4.59. The summed E-state index contributed by atoms with van der Waals surface area (Å²) in [7, 11) is 0. The summed E-state index contributed by atoms with van der Waals surface area (Å²) in [5.74, 6) is 0. The Kier molecular flexibility index (Phi) is 6.91. The quantitative estimate of drug-likeness (QED) is 0.196. The van der Waals surface area contributed by atoms with E-state index in [4.69, 9.17) is 0 Å². The Morgan fingerprint density at radius 3 is 1.77 bits per heavy atom. The zero-order valence-electron chi connectivity index (χ0n) is 26.4. The molecule has 8 aromatic rings. The fourth-order valence-electron chi connectivity index (χ4n) is 7.26. The third kappa shape index (κ3) is 4.87. The third-order valence-corrected chi connectivity index (χ3v) is 9.55. The fourth-order valence-corrected chi connectivity index (χ4v) is 7.26. The number of benzene rings is 7. The van der Waals surface area contributed by atoms with E-state index in [2.05, 4.69) is 168 Å². The Balaban J connectivity index is 1.30. The van der Waals surface area contributed by atoms with Crippen LogP contribution in [0.15, 0.2) is 176 Å². The Labute approximate surface area is 280 Å². The van der Waals surface area contributed by atoms with Crippen molar-refractivity contribution < 1.29 is 0 Å². The van der Waals surface area contributed by atoms with Gasteiger partial charge in [0.05, 0.1) is 5.69 Å². The summed E-state index contributed by atoms with van der Waals surface area (Å²) < 4.78 is 0. The molecule has 1 aliphatic heterocycles. The van der Waals surface area contributed by atoms with Gasteiger partial charge < -0.3 is 5.32 Å². The van der Waals surface area contributed by atoms with Crippen molar-refractivity contribution in [1.29, 1.82) is 0 Å². The fraction of sp³-hybridized carbons (Fsp3) is 0.0217. The largest absolute Gasteiger partial charge is 0.381 e. The predicted molar refractivity (Wildman–Crippen MR) is 204 cm³/mol. The number of hydrogen-bond donors (Lipinski definition) is 1. The molecule has 1 aromatic heterocycles. The maximum Gasteiger partial charge on any atom is 0.0701 e. The zero-order valence-corrected chi connectivity index (χ0v) is 26.4. The molecule has 0 saturated carbocycles. The molecule has 7 aromatic carbocycles. The van der Waals surface area contributed by atoms with Crippen molar-refractivity contribution in [2.75, 3.05) is 6.54 Å². The van der Waals surface area contributed by atoms with E-state index in [-0.39, 0.29) is 0 Å². The summed E-state index contributed by atoms with van der Waals surface area (Å²) in [5, 5.41) is 11.0. The van der Waals surface area contributed by atoms with Crippen molar-refractivity contribution in [3.63, 3.8) is 0 Å². The summed E-state index contributed by atoms with van der Waals surface area (Å²) in [5.41, 5.74) is 11.8. The first kappa shape index (κ1) is 28.0. The lowest BCUT2D eigenvalue weighted by atomic mass is 9.84. The van der Waals surface area contributed by atoms with Gasteiger partial charge in [-0.1, -0.05) is 146 Å². The van der Waals surface area contributed by atoms with E-state index in [1.807, 2.05) is 18.3 Å². The lowest BCUT2D eigenvalue weighted by Crippen LogP contribution is -2.14. The number of dihydropyridines is 1. The Bertz CT molecular complexity index is 2520. The molecule has 0 aliphatic carbocycles. The van der Waals surface area contributed by atoms with Crippen LogP contribution in [0.3, 0.4) is 0 Å². The highest BCUT2D eigenvalue weighted by molar-refractivity contribution is 6.22. The lowest BCUT2D eigenvalue weighted by molar-refractivity contribution is 0.996. The van der Waals surface area contributed by atoms with Crippen LogP contribution in [-0.2, 0) is 0 Å². The number of hydrogen-bond acceptors (Lipinski definition) is 2. The molecule has 0 amide bonds. The van der Waals surface area contributed by atoms with E-state index in [0.29, 0.717) is 0 Å². The van der Waals surface area contributed by atoms with E-state index in [9.17, 15) is 0 Å². The van der Waals surface area contributed by atoms with Crippen molar-refractivity contribution in [2.24, 2.45) is 0 Å². The summed E-state index contributed by atoms with van der Waals surface area (Å²) >= 11 is 0. The Hall–Kier alpha value is -6.25. The van der Waals surface area contributed by atoms with Crippen molar-refractivity contribution in [2.45, 2.75) is 0 Å². The van der Waals surface area contributed by atoms with Gasteiger partial charge in [-0.2, -0.15) is 0 Å². The molecule has 0 radical (unpaired) electrons. The van der Waals surface area contributed by atoms with Gasteiger partial charge in [0, 0.05) is 24.0 Å². The summed E-state index contributed by atoms with van der Waals surface area (Å²) in [6.45, 7) is 0.853. The van der Waals surface area contributed by atoms with Crippen LogP contribution in [0.2, 0.25) is 0 Å². The maximum absolute atomic E-state index is 4.59. The molecule has 2 heteroatoms. The van der Waals surface area contributed by atoms with E-state index >= 15 is 0 Å². The third-order valence-electron chi connectivity index (χ3n) is 9.55. The van der Waals surface area contributed by atoms with Gasteiger partial charge >= 0.3 is 0 Å². The lowest BCUT2D eigenvalue weighted by Gasteiger charge is -2.20. The molecule has 2 heterocycles. The van der Waals surface area contributed by atoms with E-state index in [1.165, 1.54) is 71.3 Å². The molecule has 9 rings (SSSR count). The number of rotatable bonds is 5. The van der Waals surface area contributed by atoms with Gasteiger partial charge in [-0.15, -0.1) is 0 Å². The van der Waals surface area contributed by atoms with Crippen molar-refractivity contribution in [1.82, 2.24) is 10.3 Å². The van der Waals surface area contributed by atoms with Gasteiger partial charge in [-0.05, 0) is 95.5 Å². The molecule has 2 nitrogen and oxygen atoms in total. The van der Waals surface area contributed by atoms with Gasteiger partial charge in [-0.25, -0.2) is 0 Å². The molecular weight excluding hydrogens is 581 g/mol. The molecule has 0 saturated heterocycles. The maximum atomic E-state index is 4.59. The second kappa shape index (κ2) is 11.8. The SMILES string of the molecule is C1=CCNC(c2ccc(-c3c4ccccc4c(-c4ccc(-c5ccccn5)cc4)c4cc(-c5cccc6ccccc56)ccc34)cc2)=C1. The summed E-state index contributed by atoms with van der Waals surface area (Å²) in [6, 6.07) is 55.2. The zero-order chi connectivity index (χ0) is 31.9. The van der Waals surface area contributed by atoms with Crippen LogP contribution in [0, 0.1) is 0 Å². The molecular formula is C46H32N2. The van der Waals surface area contributed by atoms with Crippen LogP contribution in [-0.4, -0.2) is 11.5 Å². The normalized spacial score (nSPS) is 12.7. The highest BCUT2D eigenvalue weighted by Gasteiger charge is 2.18. The minimum absolute atomic E-state index is 0.853. The molecule has 0 fully saturated rings. The van der Waals surface area contributed by atoms with Crippen molar-refractivity contribution in [3.8, 4) is 44.6 Å². The van der Waals surface area contributed by atoms with Crippen LogP contribution >= 0.6 is 0 Å². The number of nitrogens with one attached hydrogen (secondary N) is 1. The molecule has 1 aliphatic rings. The Morgan fingerprint density at radius 1 is 0.458 bits per heavy atom. The minimum atomic E-state index is 0.853. The van der Waals surface area contributed by atoms with E-state index in [1.54, 1.807) is 0 Å². The van der Waals surface area contributed by atoms with E-state index in [0.717, 1.165) is 23.5 Å². The van der Waals surface area contributed by atoms with Crippen LogP contribution in [0.1, 0.15) is 5.56 Å². The average Bonchev–Trinajstić information content (AvgIpc) is 3.17. The molecule has 0 atom stereocenters. The second-order valence-electron chi connectivity index (χ2n) is 12.3. The first-order chi connectivity index (χ1) is 23.8. The minimum Gasteiger partial charge on any atom is -0.381 e. The molecule has 0 spiro atoms. The first-order valence-electron chi connectivity index (χ1n) is 16.5. The summed E-state index contributed by atoms with van der Waals surface area (Å²) in [6.07, 6.45) is 8.25. The molecule has 0 unspecified atom stereocenters. The first-order valence-corrected chi connectivity index (χ1v) is 16.5. The molecule has 226 valence electrons. The highest BCUT2D eigenvalue weighted by atomic mass is 14.9. The standard InChI is InChI=1S/C46H32N2/c1-2-12-37-31(10-1)11-9-15-38(37)36-26-27-41-42(30-36)46(35-24-20-33(21-25-35)44-17-6-8-29-48-44)40-14-4-3-13-39(40)45(41)34-22-18-32(19-23-34)43-16-5-7-28-47-43/h1-27,29-30,47H,28H2. The van der Waals surface area contributed by atoms with Crippen LogP contribution in [0.25, 0.3) is 82.7 Å². The number of pyridine rings is 1. The smallest absolute Gasteiger partial charge is 0.0701 e. The second-order valence-corrected chi connectivity index (χ2v) is 12.3. The topological polar surface area (TPSA) is 24.9 Å². The van der Waals surface area contributed by atoms with E-state index < -0.39 is 0 Å². The molecule has 1 N–H and O–H groups in total. The van der Waals surface area contributed by atoms with Crippen molar-refractivity contribution >= 4 is 38.0 Å². The van der Waals surface area contributed by atoms with Crippen LogP contribution < -0.4 is 5.32 Å². The van der Waals surface area contributed by atoms with Crippen LogP contribution in [0.5, 0.6) is 0 Å². The van der Waals surface area contributed by atoms with Gasteiger partial charge in [0.2, 0.25) is 0 Å². The number of fused-ring (bicyclic) bond motifs is 3. The molecule has 0 bridgehead atoms. The van der Waals surface area contributed by atoms with Gasteiger partial charge in [0.15, 0.2) is 0 Å². The van der Waals surface area contributed by atoms with Gasteiger partial charge in [-0.3, -0.25) is 4.98 Å². The number of nitrogens with zero attached hydrogens (tertiary/aromatic N) is 1. The number of allylic oxidation sites excluding steroid dienone is 2. The number of aromatic nitrogens is 1. The van der Waals surface area contributed by atoms with Crippen molar-refractivity contribution in [3.05, 3.63) is 182 Å². The van der Waals surface area contributed by atoms with Crippen LogP contribution in [0.4, 0.5) is 0 Å². The van der Waals surface area contributed by atoms with Gasteiger partial charge in [0.25, 0.3) is 0 Å². The predicted octanol–water partition coefficient (Wildman–Crippen LogP) is 11.7.